The maximum Gasteiger partial charge on any atom is -0.0316 e. The Morgan fingerprint density at radius 3 is 2.33 bits per heavy atom. The maximum atomic E-state index is 2.36. The van der Waals surface area contributed by atoms with Crippen molar-refractivity contribution in [3.63, 3.8) is 0 Å². The first-order chi connectivity index (χ1) is 6.00. The molecule has 0 aromatic heterocycles. The largest absolute Gasteiger partial charge is 0.0845 e. The predicted octanol–water partition coefficient (Wildman–Crippen LogP) is 3.82. The van der Waals surface area contributed by atoms with Crippen molar-refractivity contribution in [1.82, 2.24) is 0 Å². The third kappa shape index (κ3) is 4.95. The molecule has 0 heteroatoms. The molecule has 0 saturated heterocycles. The van der Waals surface area contributed by atoms with Gasteiger partial charge in [0.15, 0.2) is 0 Å². The Bertz CT molecular complexity index is 152. The first-order valence-electron chi connectivity index (χ1n) is 4.80. The number of hydrogen-bond donors (Lipinski definition) is 0. The normalized spacial score (nSPS) is 28.0. The molecule has 0 amide bonds. The van der Waals surface area contributed by atoms with Crippen molar-refractivity contribution in [3.05, 3.63) is 42.9 Å². The highest BCUT2D eigenvalue weighted by atomic mass is 13.9. The summed E-state index contributed by atoms with van der Waals surface area (Å²) in [6, 6.07) is 0. The molecule has 65 valence electrons. The fraction of sp³-hybridized carbons (Fsp3) is 0.417. The molecule has 0 atom stereocenters. The van der Waals surface area contributed by atoms with Gasteiger partial charge in [0.2, 0.25) is 0 Å². The summed E-state index contributed by atoms with van der Waals surface area (Å²) in [7, 11) is 0. The summed E-state index contributed by atoms with van der Waals surface area (Å²) >= 11 is 0. The highest BCUT2D eigenvalue weighted by Gasteiger charge is 1.87. The van der Waals surface area contributed by atoms with E-state index in [0.29, 0.717) is 0 Å². The van der Waals surface area contributed by atoms with Crippen LogP contribution in [0.1, 0.15) is 32.1 Å². The molecule has 0 aromatic rings. The van der Waals surface area contributed by atoms with Gasteiger partial charge in [-0.25, -0.2) is 0 Å². The fourth-order valence-corrected chi connectivity index (χ4v) is 1.23. The Balaban J connectivity index is 2.32. The minimum atomic E-state index is 1.12. The summed E-state index contributed by atoms with van der Waals surface area (Å²) in [5.41, 5.74) is 0. The van der Waals surface area contributed by atoms with Crippen LogP contribution in [0.2, 0.25) is 0 Å². The molecule has 0 bridgehead atoms. The minimum Gasteiger partial charge on any atom is -0.0845 e. The Hall–Kier alpha value is -0.780. The molecule has 0 saturated carbocycles. The van der Waals surface area contributed by atoms with E-state index in [9.17, 15) is 0 Å². The molecule has 0 nitrogen and oxygen atoms in total. The first-order valence-corrected chi connectivity index (χ1v) is 4.80. The summed E-state index contributed by atoms with van der Waals surface area (Å²) in [6.45, 7) is 0. The van der Waals surface area contributed by atoms with Gasteiger partial charge in [0.1, 0.15) is 0 Å². The summed E-state index contributed by atoms with van der Waals surface area (Å²) < 4.78 is 0. The topological polar surface area (TPSA) is 0 Å². The second-order valence-electron chi connectivity index (χ2n) is 3.05. The van der Waals surface area contributed by atoms with Crippen molar-refractivity contribution in [2.75, 3.05) is 0 Å². The molecule has 0 aliphatic heterocycles. The molecule has 0 aromatic carbocycles. The Morgan fingerprint density at radius 2 is 1.42 bits per heavy atom. The van der Waals surface area contributed by atoms with Crippen molar-refractivity contribution in [1.29, 1.82) is 0 Å². The smallest absolute Gasteiger partial charge is 0.0316 e. The standard InChI is InChI=1S/C12H17/c1-2-4-6-8-10-12-11-9-7-5-3-1/h1-6,9H,7-8,10-12H2/b2-1+,5-3-,6-4-. The van der Waals surface area contributed by atoms with Crippen LogP contribution in [0.4, 0.5) is 0 Å². The van der Waals surface area contributed by atoms with Crippen LogP contribution in [0.5, 0.6) is 0 Å². The van der Waals surface area contributed by atoms with Crippen LogP contribution in [-0.4, -0.2) is 0 Å². The van der Waals surface area contributed by atoms with Crippen LogP contribution in [0.15, 0.2) is 36.5 Å². The average Bonchev–Trinajstić information content (AvgIpc) is 2.05. The average molecular weight is 161 g/mol. The second kappa shape index (κ2) is 6.90. The zero-order chi connectivity index (χ0) is 8.49. The predicted molar refractivity (Wildman–Crippen MR) is 54.8 cm³/mol. The fourth-order valence-electron chi connectivity index (χ4n) is 1.23. The molecular weight excluding hydrogens is 144 g/mol. The van der Waals surface area contributed by atoms with Crippen molar-refractivity contribution >= 4 is 0 Å². The Morgan fingerprint density at radius 1 is 0.667 bits per heavy atom. The maximum absolute atomic E-state index is 2.36. The lowest BCUT2D eigenvalue weighted by Crippen LogP contribution is -1.78. The molecule has 0 N–H and O–H groups in total. The van der Waals surface area contributed by atoms with Crippen molar-refractivity contribution in [2.45, 2.75) is 32.1 Å². The van der Waals surface area contributed by atoms with E-state index in [1.165, 1.54) is 25.7 Å². The van der Waals surface area contributed by atoms with E-state index in [0.717, 1.165) is 6.42 Å². The minimum absolute atomic E-state index is 1.12. The summed E-state index contributed by atoms with van der Waals surface area (Å²) in [5.74, 6) is 0. The van der Waals surface area contributed by atoms with Gasteiger partial charge in [0, 0.05) is 0 Å². The van der Waals surface area contributed by atoms with Crippen LogP contribution in [0.25, 0.3) is 0 Å². The first kappa shape index (κ1) is 9.31. The van der Waals surface area contributed by atoms with E-state index < -0.39 is 0 Å². The van der Waals surface area contributed by atoms with E-state index in [-0.39, 0.29) is 0 Å². The molecule has 1 aliphatic carbocycles. The lowest BCUT2D eigenvalue weighted by atomic mass is 10.1. The molecule has 12 heavy (non-hydrogen) atoms. The number of hydrogen-bond acceptors (Lipinski definition) is 0. The number of rotatable bonds is 0. The van der Waals surface area contributed by atoms with Gasteiger partial charge in [-0.15, -0.1) is 0 Å². The van der Waals surface area contributed by atoms with E-state index in [1.54, 1.807) is 0 Å². The van der Waals surface area contributed by atoms with Gasteiger partial charge in [-0.2, -0.15) is 0 Å². The van der Waals surface area contributed by atoms with Crippen LogP contribution in [0.3, 0.4) is 0 Å². The molecule has 0 unspecified atom stereocenters. The van der Waals surface area contributed by atoms with E-state index in [2.05, 4.69) is 42.9 Å². The third-order valence-corrected chi connectivity index (χ3v) is 1.94. The van der Waals surface area contributed by atoms with Gasteiger partial charge in [-0.05, 0) is 32.1 Å². The quantitative estimate of drug-likeness (QED) is 0.506. The molecule has 0 fully saturated rings. The van der Waals surface area contributed by atoms with Crippen molar-refractivity contribution in [2.24, 2.45) is 0 Å². The van der Waals surface area contributed by atoms with Gasteiger partial charge in [-0.1, -0.05) is 42.9 Å². The van der Waals surface area contributed by atoms with Gasteiger partial charge in [-0.3, -0.25) is 0 Å². The second-order valence-corrected chi connectivity index (χ2v) is 3.05. The van der Waals surface area contributed by atoms with Crippen LogP contribution >= 0.6 is 0 Å². The van der Waals surface area contributed by atoms with Crippen molar-refractivity contribution in [3.8, 4) is 0 Å². The molecule has 0 spiro atoms. The highest BCUT2D eigenvalue weighted by molar-refractivity contribution is 5.11. The SMILES string of the molecule is [CH]1C\C=C/C=C/C=C\CCCC1. The van der Waals surface area contributed by atoms with E-state index in [1.807, 2.05) is 0 Å². The molecule has 1 rings (SSSR count). The van der Waals surface area contributed by atoms with Gasteiger partial charge in [0.25, 0.3) is 0 Å². The monoisotopic (exact) mass is 161 g/mol. The lowest BCUT2D eigenvalue weighted by Gasteiger charge is -1.96. The zero-order valence-corrected chi connectivity index (χ0v) is 7.58. The van der Waals surface area contributed by atoms with Gasteiger partial charge < -0.3 is 0 Å². The molecule has 0 heterocycles. The van der Waals surface area contributed by atoms with Gasteiger partial charge >= 0.3 is 0 Å². The van der Waals surface area contributed by atoms with Crippen molar-refractivity contribution < 1.29 is 0 Å². The lowest BCUT2D eigenvalue weighted by molar-refractivity contribution is 0.730. The summed E-state index contributed by atoms with van der Waals surface area (Å²) in [5, 5.41) is 0. The Labute approximate surface area is 75.7 Å². The summed E-state index contributed by atoms with van der Waals surface area (Å²) in [6.07, 6.45) is 21.5. The Kier molecular flexibility index (Phi) is 5.35. The van der Waals surface area contributed by atoms with Crippen LogP contribution < -0.4 is 0 Å². The molecule has 1 radical (unpaired) electrons. The summed E-state index contributed by atoms with van der Waals surface area (Å²) in [4.78, 5) is 0. The molecule has 1 aliphatic rings. The van der Waals surface area contributed by atoms with Crippen LogP contribution in [0, 0.1) is 6.42 Å². The van der Waals surface area contributed by atoms with E-state index in [4.69, 9.17) is 0 Å². The molecular formula is C12H17. The zero-order valence-electron chi connectivity index (χ0n) is 7.58. The van der Waals surface area contributed by atoms with E-state index >= 15 is 0 Å². The third-order valence-electron chi connectivity index (χ3n) is 1.94. The highest BCUT2D eigenvalue weighted by Crippen LogP contribution is 2.06. The number of allylic oxidation sites excluding steroid dienone is 6. The van der Waals surface area contributed by atoms with Gasteiger partial charge in [0.05, 0.1) is 0 Å². The van der Waals surface area contributed by atoms with Crippen LogP contribution in [-0.2, 0) is 0 Å².